The fourth-order valence-corrected chi connectivity index (χ4v) is 2.06. The monoisotopic (exact) mass is 285 g/mol. The highest BCUT2D eigenvalue weighted by Crippen LogP contribution is 2.04. The molecule has 0 saturated carbocycles. The third-order valence-electron chi connectivity index (χ3n) is 3.14. The number of hydrogen-bond donors (Lipinski definition) is 2. The second-order valence-corrected chi connectivity index (χ2v) is 4.96. The number of aliphatic hydroxyl groups is 1. The molecule has 110 valence electrons. The van der Waals surface area contributed by atoms with E-state index in [0.29, 0.717) is 19.5 Å². The number of hydrogen-bond acceptors (Lipinski definition) is 2. The molecular weight excluding hydrogens is 265 g/mol. The predicted molar refractivity (Wildman–Crippen MR) is 84.5 cm³/mol. The van der Waals surface area contributed by atoms with Gasteiger partial charge in [0, 0.05) is 13.1 Å². The first kappa shape index (κ1) is 15.4. The first-order valence-electron chi connectivity index (χ1n) is 7.09. The summed E-state index contributed by atoms with van der Waals surface area (Å²) in [5.41, 5.74) is 2.09. The average molecular weight is 285 g/mol. The molecule has 0 aliphatic rings. The van der Waals surface area contributed by atoms with Crippen LogP contribution >= 0.6 is 0 Å². The van der Waals surface area contributed by atoms with Crippen LogP contribution in [0, 0.1) is 5.82 Å². The molecule has 0 amide bonds. The fourth-order valence-electron chi connectivity index (χ4n) is 2.06. The van der Waals surface area contributed by atoms with E-state index in [1.165, 1.54) is 12.1 Å². The van der Waals surface area contributed by atoms with Crippen molar-refractivity contribution in [3.63, 3.8) is 0 Å². The van der Waals surface area contributed by atoms with E-state index in [9.17, 15) is 9.50 Å². The first-order valence-corrected chi connectivity index (χ1v) is 7.09. The first-order chi connectivity index (χ1) is 10.2. The zero-order valence-electron chi connectivity index (χ0n) is 11.9. The smallest absolute Gasteiger partial charge is 0.123 e. The van der Waals surface area contributed by atoms with Crippen molar-refractivity contribution in [3.8, 4) is 0 Å². The standard InChI is InChI=1S/C18H20FNO/c19-17-10-8-15(9-11-17)7-4-12-20-14-18(21)13-16-5-2-1-3-6-16/h1-11,18,20-21H,12-14H2/b7-4+. The van der Waals surface area contributed by atoms with Crippen LogP contribution in [0.1, 0.15) is 11.1 Å². The molecule has 1 unspecified atom stereocenters. The van der Waals surface area contributed by atoms with Gasteiger partial charge in [-0.1, -0.05) is 54.6 Å². The molecule has 0 saturated heterocycles. The van der Waals surface area contributed by atoms with Gasteiger partial charge in [0.1, 0.15) is 5.82 Å². The van der Waals surface area contributed by atoms with Gasteiger partial charge in [-0.2, -0.15) is 0 Å². The SMILES string of the molecule is OC(CNC/C=C/c1ccc(F)cc1)Cc1ccccc1. The molecule has 2 nitrogen and oxygen atoms in total. The van der Waals surface area contributed by atoms with Gasteiger partial charge in [0.2, 0.25) is 0 Å². The molecule has 2 aromatic rings. The molecule has 0 aliphatic carbocycles. The van der Waals surface area contributed by atoms with Crippen molar-refractivity contribution < 1.29 is 9.50 Å². The van der Waals surface area contributed by atoms with E-state index in [-0.39, 0.29) is 5.82 Å². The van der Waals surface area contributed by atoms with Gasteiger partial charge in [-0.05, 0) is 29.7 Å². The van der Waals surface area contributed by atoms with Gasteiger partial charge < -0.3 is 10.4 Å². The Morgan fingerprint density at radius 3 is 2.48 bits per heavy atom. The van der Waals surface area contributed by atoms with Crippen LogP contribution < -0.4 is 5.32 Å². The van der Waals surface area contributed by atoms with Crippen LogP contribution in [-0.4, -0.2) is 24.3 Å². The Kier molecular flexibility index (Phi) is 6.13. The molecule has 0 radical (unpaired) electrons. The Balaban J connectivity index is 1.66. The largest absolute Gasteiger partial charge is 0.391 e. The van der Waals surface area contributed by atoms with E-state index in [1.807, 2.05) is 42.5 Å². The maximum Gasteiger partial charge on any atom is 0.123 e. The number of benzene rings is 2. The molecule has 0 heterocycles. The minimum Gasteiger partial charge on any atom is -0.391 e. The van der Waals surface area contributed by atoms with Gasteiger partial charge in [0.05, 0.1) is 6.10 Å². The highest BCUT2D eigenvalue weighted by Gasteiger charge is 2.03. The quantitative estimate of drug-likeness (QED) is 0.766. The second-order valence-electron chi connectivity index (χ2n) is 4.96. The third-order valence-corrected chi connectivity index (χ3v) is 3.14. The molecule has 0 aromatic heterocycles. The number of halogens is 1. The molecule has 0 bridgehead atoms. The van der Waals surface area contributed by atoms with Gasteiger partial charge in [0.15, 0.2) is 0 Å². The summed E-state index contributed by atoms with van der Waals surface area (Å²) in [6.07, 6.45) is 4.14. The van der Waals surface area contributed by atoms with Crippen molar-refractivity contribution in [2.45, 2.75) is 12.5 Å². The Labute approximate surface area is 124 Å². The lowest BCUT2D eigenvalue weighted by atomic mass is 10.1. The van der Waals surface area contributed by atoms with Gasteiger partial charge in [-0.15, -0.1) is 0 Å². The molecule has 0 aliphatic heterocycles. The summed E-state index contributed by atoms with van der Waals surface area (Å²) >= 11 is 0. The van der Waals surface area contributed by atoms with Crippen molar-refractivity contribution in [2.75, 3.05) is 13.1 Å². The van der Waals surface area contributed by atoms with E-state index in [0.717, 1.165) is 11.1 Å². The maximum absolute atomic E-state index is 12.7. The lowest BCUT2D eigenvalue weighted by Gasteiger charge is -2.10. The van der Waals surface area contributed by atoms with Crippen molar-refractivity contribution >= 4 is 6.08 Å². The minimum absolute atomic E-state index is 0.227. The summed E-state index contributed by atoms with van der Waals surface area (Å²) in [6.45, 7) is 1.21. The predicted octanol–water partition coefficient (Wildman–Crippen LogP) is 3.03. The summed E-state index contributed by atoms with van der Waals surface area (Å²) < 4.78 is 12.7. The fraction of sp³-hybridized carbons (Fsp3) is 0.222. The summed E-state index contributed by atoms with van der Waals surface area (Å²) in [4.78, 5) is 0. The van der Waals surface area contributed by atoms with Gasteiger partial charge in [-0.25, -0.2) is 4.39 Å². The molecule has 3 heteroatoms. The van der Waals surface area contributed by atoms with Gasteiger partial charge in [0.25, 0.3) is 0 Å². The molecular formula is C18H20FNO. The van der Waals surface area contributed by atoms with Gasteiger partial charge in [-0.3, -0.25) is 0 Å². The van der Waals surface area contributed by atoms with Crippen LogP contribution in [0.15, 0.2) is 60.7 Å². The Bertz CT molecular complexity index is 551. The summed E-state index contributed by atoms with van der Waals surface area (Å²) in [5, 5.41) is 13.1. The third kappa shape index (κ3) is 5.90. The summed E-state index contributed by atoms with van der Waals surface area (Å²) in [6, 6.07) is 16.3. The zero-order chi connectivity index (χ0) is 14.9. The van der Waals surface area contributed by atoms with Crippen LogP contribution in [-0.2, 0) is 6.42 Å². The molecule has 2 N–H and O–H groups in total. The Morgan fingerprint density at radius 2 is 1.76 bits per heavy atom. The zero-order valence-corrected chi connectivity index (χ0v) is 11.9. The van der Waals surface area contributed by atoms with E-state index < -0.39 is 6.10 Å². The van der Waals surface area contributed by atoms with E-state index in [4.69, 9.17) is 0 Å². The topological polar surface area (TPSA) is 32.3 Å². The molecule has 2 aromatic carbocycles. The minimum atomic E-state index is -0.397. The van der Waals surface area contributed by atoms with Crippen molar-refractivity contribution in [3.05, 3.63) is 77.6 Å². The van der Waals surface area contributed by atoms with Crippen molar-refractivity contribution in [1.29, 1.82) is 0 Å². The van der Waals surface area contributed by atoms with Crippen LogP contribution in [0.25, 0.3) is 6.08 Å². The van der Waals surface area contributed by atoms with Crippen LogP contribution in [0.4, 0.5) is 4.39 Å². The average Bonchev–Trinajstić information content (AvgIpc) is 2.50. The molecule has 1 atom stereocenters. The van der Waals surface area contributed by atoms with Crippen molar-refractivity contribution in [1.82, 2.24) is 5.32 Å². The molecule has 0 spiro atoms. The molecule has 2 rings (SSSR count). The highest BCUT2D eigenvalue weighted by atomic mass is 19.1. The van der Waals surface area contributed by atoms with Crippen LogP contribution in [0.2, 0.25) is 0 Å². The summed E-state index contributed by atoms with van der Waals surface area (Å²) in [5.74, 6) is -0.227. The molecule has 21 heavy (non-hydrogen) atoms. The van der Waals surface area contributed by atoms with Gasteiger partial charge >= 0.3 is 0 Å². The number of nitrogens with one attached hydrogen (secondary N) is 1. The van der Waals surface area contributed by atoms with Crippen LogP contribution in [0.3, 0.4) is 0 Å². The second kappa shape index (κ2) is 8.35. The van der Waals surface area contributed by atoms with E-state index in [1.54, 1.807) is 12.1 Å². The summed E-state index contributed by atoms with van der Waals surface area (Å²) in [7, 11) is 0. The highest BCUT2D eigenvalue weighted by molar-refractivity contribution is 5.48. The Morgan fingerprint density at radius 1 is 1.05 bits per heavy atom. The maximum atomic E-state index is 12.7. The van der Waals surface area contributed by atoms with E-state index >= 15 is 0 Å². The molecule has 0 fully saturated rings. The van der Waals surface area contributed by atoms with Crippen molar-refractivity contribution in [2.24, 2.45) is 0 Å². The lowest BCUT2D eigenvalue weighted by Crippen LogP contribution is -2.28. The number of rotatable bonds is 7. The number of aliphatic hydroxyl groups excluding tert-OH is 1. The van der Waals surface area contributed by atoms with Crippen LogP contribution in [0.5, 0.6) is 0 Å². The normalized spacial score (nSPS) is 12.7. The van der Waals surface area contributed by atoms with E-state index in [2.05, 4.69) is 5.32 Å². The Hall–Kier alpha value is -1.97. The lowest BCUT2D eigenvalue weighted by molar-refractivity contribution is 0.173.